The zero-order chi connectivity index (χ0) is 28.4. The van der Waals surface area contributed by atoms with Gasteiger partial charge >= 0.3 is 22.3 Å². The molecule has 2 aromatic rings. The highest BCUT2D eigenvalue weighted by Gasteiger charge is 2.45. The molecule has 0 unspecified atom stereocenters. The molecule has 212 valence electrons. The molecule has 2 atom stereocenters. The summed E-state index contributed by atoms with van der Waals surface area (Å²) in [5.41, 5.74) is 0.413. The van der Waals surface area contributed by atoms with Gasteiger partial charge in [0.25, 0.3) is 0 Å². The molecule has 8 nitrogen and oxygen atoms in total. The third kappa shape index (κ3) is 6.81. The number of carbonyl (C=O) groups excluding carboxylic acids is 1. The van der Waals surface area contributed by atoms with Crippen molar-refractivity contribution >= 4 is 26.7 Å². The average Bonchev–Trinajstić information content (AvgIpc) is 2.94. The van der Waals surface area contributed by atoms with Gasteiger partial charge in [-0.1, -0.05) is 57.0 Å². The molecule has 0 amide bonds. The van der Waals surface area contributed by atoms with E-state index in [0.717, 1.165) is 18.4 Å². The molecular weight excluding hydrogens is 547 g/mol. The van der Waals surface area contributed by atoms with Crippen LogP contribution in [0.15, 0.2) is 47.4 Å². The summed E-state index contributed by atoms with van der Waals surface area (Å²) in [6, 6.07) is 11.4. The van der Waals surface area contributed by atoms with Crippen LogP contribution in [0.5, 0.6) is 5.75 Å². The van der Waals surface area contributed by atoms with Crippen LogP contribution in [0.2, 0.25) is 0 Å². The monoisotopic (exact) mass is 579 g/mol. The second-order valence-electron chi connectivity index (χ2n) is 9.31. The molecule has 0 saturated carbocycles. The number of halogens is 3. The number of alkyl halides is 3. The predicted octanol–water partition coefficient (Wildman–Crippen LogP) is 5.77. The summed E-state index contributed by atoms with van der Waals surface area (Å²) in [4.78, 5) is 11.2. The van der Waals surface area contributed by atoms with E-state index in [2.05, 4.69) is 9.50 Å². The second kappa shape index (κ2) is 11.4. The normalized spacial score (nSPS) is 22.2. The molecule has 0 spiro atoms. The number of methoxy groups -OCH3 is 1. The van der Waals surface area contributed by atoms with E-state index in [1.807, 2.05) is 44.2 Å². The van der Waals surface area contributed by atoms with Crippen LogP contribution < -0.4 is 10.1 Å². The van der Waals surface area contributed by atoms with Crippen LogP contribution in [-0.2, 0) is 24.8 Å². The Morgan fingerprint density at radius 3 is 2.39 bits per heavy atom. The molecular formula is C25H32F3NO7S2. The molecule has 0 radical (unpaired) electrons. The highest BCUT2D eigenvalue weighted by atomic mass is 32.3. The van der Waals surface area contributed by atoms with E-state index in [4.69, 9.17) is 4.74 Å². The zero-order valence-corrected chi connectivity index (χ0v) is 22.9. The van der Waals surface area contributed by atoms with E-state index in [9.17, 15) is 35.5 Å². The average molecular weight is 580 g/mol. The molecule has 1 aliphatic heterocycles. The number of hydrogen-bond donors (Lipinski definition) is 3. The lowest BCUT2D eigenvalue weighted by Crippen LogP contribution is -2.49. The van der Waals surface area contributed by atoms with Crippen LogP contribution >= 0.6 is 10.6 Å². The first-order chi connectivity index (χ1) is 17.7. The van der Waals surface area contributed by atoms with Crippen molar-refractivity contribution in [2.24, 2.45) is 0 Å². The lowest BCUT2D eigenvalue weighted by molar-refractivity contribution is -0.189. The predicted molar refractivity (Wildman–Crippen MR) is 138 cm³/mol. The largest absolute Gasteiger partial charge is 0.496 e. The van der Waals surface area contributed by atoms with Gasteiger partial charge in [-0.2, -0.15) is 32.2 Å². The van der Waals surface area contributed by atoms with Crippen LogP contribution in [0.3, 0.4) is 0 Å². The van der Waals surface area contributed by atoms with Crippen molar-refractivity contribution in [3.05, 3.63) is 59.2 Å². The quantitative estimate of drug-likeness (QED) is 0.320. The van der Waals surface area contributed by atoms with E-state index < -0.39 is 50.2 Å². The van der Waals surface area contributed by atoms with Crippen molar-refractivity contribution in [1.82, 2.24) is 5.32 Å². The fourth-order valence-electron chi connectivity index (χ4n) is 4.65. The van der Waals surface area contributed by atoms with Crippen molar-refractivity contribution in [3.63, 3.8) is 0 Å². The topological polar surface area (TPSA) is 122 Å². The number of hydrogen-bond acceptors (Lipinski definition) is 8. The molecule has 1 aliphatic rings. The maximum Gasteiger partial charge on any atom is 0.492 e. The van der Waals surface area contributed by atoms with Gasteiger partial charge in [-0.15, -0.1) is 0 Å². The number of fused-ring (bicyclic) bond motifs is 1. The fraction of sp³-hybridized carbons (Fsp3) is 0.480. The van der Waals surface area contributed by atoms with Gasteiger partial charge in [0.15, 0.2) is 0 Å². The van der Waals surface area contributed by atoms with Crippen LogP contribution in [0.25, 0.3) is 0 Å². The van der Waals surface area contributed by atoms with Crippen LogP contribution in [0, 0.1) is 0 Å². The molecule has 1 heterocycles. The Kier molecular flexibility index (Phi) is 9.09. The second-order valence-corrected chi connectivity index (χ2v) is 12.9. The Labute approximate surface area is 222 Å². The van der Waals surface area contributed by atoms with E-state index in [0.29, 0.717) is 18.4 Å². The van der Waals surface area contributed by atoms with E-state index in [1.54, 1.807) is 0 Å². The van der Waals surface area contributed by atoms with Gasteiger partial charge in [0.05, 0.1) is 23.8 Å². The van der Waals surface area contributed by atoms with Gasteiger partial charge in [-0.05, 0) is 30.5 Å². The molecule has 0 fully saturated rings. The fourth-order valence-corrected chi connectivity index (χ4v) is 7.88. The molecule has 0 aliphatic carbocycles. The molecule has 0 bridgehead atoms. The third-order valence-electron chi connectivity index (χ3n) is 6.59. The summed E-state index contributed by atoms with van der Waals surface area (Å²) in [6.07, 6.45) is -2.56. The van der Waals surface area contributed by atoms with Crippen molar-refractivity contribution in [1.29, 1.82) is 0 Å². The first-order valence-corrected chi connectivity index (χ1v) is 15.3. The van der Waals surface area contributed by atoms with Gasteiger partial charge in [-0.3, -0.25) is 14.4 Å². The Morgan fingerprint density at radius 2 is 1.84 bits per heavy atom. The van der Waals surface area contributed by atoms with Crippen molar-refractivity contribution < 1.29 is 44.4 Å². The Balaban J connectivity index is 2.18. The minimum absolute atomic E-state index is 0.0223. The minimum Gasteiger partial charge on any atom is -0.496 e. The van der Waals surface area contributed by atoms with E-state index >= 15 is 0 Å². The smallest absolute Gasteiger partial charge is 0.492 e. The number of benzene rings is 2. The molecule has 3 rings (SSSR count). The van der Waals surface area contributed by atoms with Crippen LogP contribution in [0.4, 0.5) is 13.2 Å². The maximum absolute atomic E-state index is 12.6. The van der Waals surface area contributed by atoms with Gasteiger partial charge in [-0.25, -0.2) is 4.79 Å². The molecule has 13 heteroatoms. The van der Waals surface area contributed by atoms with Gasteiger partial charge in [0.2, 0.25) is 0 Å². The standard InChI is InChI=1S/C25H32F3NO7S2/c1-4-6-12-24(5-2)16-37(31,32)21-13-18(15-38(33,34)36-23(30)25(26,27)28)20(35-3)14-19(21)22(29-24)17-10-8-7-9-11-17/h7-11,13-14,22,29,31-32H,4-6,12,15-16H2,1-3H3/t22-,24-/m1/s1. The van der Waals surface area contributed by atoms with Gasteiger partial charge in [0, 0.05) is 16.7 Å². The minimum atomic E-state index is -5.50. The van der Waals surface area contributed by atoms with Crippen LogP contribution in [-0.4, -0.2) is 48.1 Å². The zero-order valence-electron chi connectivity index (χ0n) is 21.2. The molecule has 0 saturated heterocycles. The lowest BCUT2D eigenvalue weighted by Gasteiger charge is -2.42. The van der Waals surface area contributed by atoms with E-state index in [-0.39, 0.29) is 22.0 Å². The number of carbonyl (C=O) groups is 1. The summed E-state index contributed by atoms with van der Waals surface area (Å²) in [5.74, 6) is -4.09. The van der Waals surface area contributed by atoms with Gasteiger partial charge in [0.1, 0.15) is 11.5 Å². The molecule has 0 aromatic heterocycles. The first kappa shape index (κ1) is 30.2. The SMILES string of the molecule is CCCC[C@]1(CC)CS(O)(O)c2cc(CS(=O)(=O)OC(=O)C(F)(F)F)c(OC)cc2[C@@H](c2ccccc2)N1. The Morgan fingerprint density at radius 1 is 1.18 bits per heavy atom. The number of nitrogens with one attached hydrogen (secondary N) is 1. The summed E-state index contributed by atoms with van der Waals surface area (Å²) in [7, 11) is -7.32. The Bertz CT molecular complexity index is 1250. The van der Waals surface area contributed by atoms with Crippen molar-refractivity contribution in [2.45, 2.75) is 67.9 Å². The number of unbranched alkanes of at least 4 members (excludes halogenated alkanes) is 1. The third-order valence-corrected chi connectivity index (χ3v) is 9.67. The van der Waals surface area contributed by atoms with Crippen molar-refractivity contribution in [3.8, 4) is 5.75 Å². The molecule has 3 N–H and O–H groups in total. The highest BCUT2D eigenvalue weighted by molar-refractivity contribution is 8.24. The first-order valence-electron chi connectivity index (χ1n) is 12.0. The molecule has 38 heavy (non-hydrogen) atoms. The lowest BCUT2D eigenvalue weighted by atomic mass is 9.88. The number of rotatable bonds is 9. The van der Waals surface area contributed by atoms with Gasteiger partial charge < -0.3 is 8.92 Å². The summed E-state index contributed by atoms with van der Waals surface area (Å²) >= 11 is 0. The number of ether oxygens (including phenoxy) is 1. The summed E-state index contributed by atoms with van der Waals surface area (Å²) < 4.78 is 94.5. The summed E-state index contributed by atoms with van der Waals surface area (Å²) in [6.45, 7) is 3.98. The summed E-state index contributed by atoms with van der Waals surface area (Å²) in [5, 5.41) is 3.64. The van der Waals surface area contributed by atoms with Crippen LogP contribution in [0.1, 0.15) is 62.3 Å². The highest BCUT2D eigenvalue weighted by Crippen LogP contribution is 2.58. The molecule has 2 aromatic carbocycles. The Hall–Kier alpha value is -2.32. The van der Waals surface area contributed by atoms with Crippen molar-refractivity contribution in [2.75, 3.05) is 12.9 Å². The van der Waals surface area contributed by atoms with E-state index in [1.165, 1.54) is 19.2 Å². The maximum atomic E-state index is 12.6.